The van der Waals surface area contributed by atoms with Gasteiger partial charge in [-0.25, -0.2) is 0 Å². The molecule has 1 aliphatic rings. The Kier molecular flexibility index (Phi) is 5.24. The first kappa shape index (κ1) is 13.6. The SMILES string of the molecule is CNCC(C)CCc1ccn(C2CCCCC2)n1. The van der Waals surface area contributed by atoms with E-state index in [0.29, 0.717) is 6.04 Å². The van der Waals surface area contributed by atoms with E-state index in [1.807, 2.05) is 7.05 Å². The molecule has 1 saturated carbocycles. The Morgan fingerprint density at radius 1 is 1.39 bits per heavy atom. The summed E-state index contributed by atoms with van der Waals surface area (Å²) in [5.74, 6) is 0.731. The van der Waals surface area contributed by atoms with Crippen LogP contribution in [0.25, 0.3) is 0 Å². The Hall–Kier alpha value is -0.830. The number of hydrogen-bond acceptors (Lipinski definition) is 2. The quantitative estimate of drug-likeness (QED) is 0.839. The van der Waals surface area contributed by atoms with E-state index in [1.165, 1.54) is 44.2 Å². The highest BCUT2D eigenvalue weighted by atomic mass is 15.3. The van der Waals surface area contributed by atoms with E-state index in [1.54, 1.807) is 0 Å². The number of aromatic nitrogens is 2. The largest absolute Gasteiger partial charge is 0.319 e. The van der Waals surface area contributed by atoms with Gasteiger partial charge < -0.3 is 5.32 Å². The van der Waals surface area contributed by atoms with Gasteiger partial charge in [-0.15, -0.1) is 0 Å². The van der Waals surface area contributed by atoms with Gasteiger partial charge in [0.2, 0.25) is 0 Å². The molecule has 0 radical (unpaired) electrons. The molecule has 1 heterocycles. The molecular weight excluding hydrogens is 222 g/mol. The number of nitrogens with one attached hydrogen (secondary N) is 1. The molecule has 3 heteroatoms. The van der Waals surface area contributed by atoms with Crippen molar-refractivity contribution in [3.8, 4) is 0 Å². The summed E-state index contributed by atoms with van der Waals surface area (Å²) in [6.07, 6.45) is 11.3. The van der Waals surface area contributed by atoms with E-state index in [0.717, 1.165) is 18.9 Å². The number of rotatable bonds is 6. The Labute approximate surface area is 111 Å². The van der Waals surface area contributed by atoms with Crippen molar-refractivity contribution in [2.24, 2.45) is 5.92 Å². The molecule has 1 unspecified atom stereocenters. The molecule has 0 saturated heterocycles. The van der Waals surface area contributed by atoms with Crippen LogP contribution >= 0.6 is 0 Å². The van der Waals surface area contributed by atoms with E-state index in [9.17, 15) is 0 Å². The van der Waals surface area contributed by atoms with Crippen LogP contribution in [0, 0.1) is 5.92 Å². The standard InChI is InChI=1S/C15H27N3/c1-13(12-16-2)8-9-14-10-11-18(17-14)15-6-4-3-5-7-15/h10-11,13,15-16H,3-9,12H2,1-2H3. The lowest BCUT2D eigenvalue weighted by Crippen LogP contribution is -2.17. The molecule has 18 heavy (non-hydrogen) atoms. The van der Waals surface area contributed by atoms with E-state index in [-0.39, 0.29) is 0 Å². The summed E-state index contributed by atoms with van der Waals surface area (Å²) in [7, 11) is 2.02. The summed E-state index contributed by atoms with van der Waals surface area (Å²) in [6.45, 7) is 3.40. The van der Waals surface area contributed by atoms with Gasteiger partial charge in [-0.3, -0.25) is 4.68 Å². The topological polar surface area (TPSA) is 29.9 Å². The average Bonchev–Trinajstić information content (AvgIpc) is 2.87. The predicted octanol–water partition coefficient (Wildman–Crippen LogP) is 3.18. The minimum absolute atomic E-state index is 0.669. The van der Waals surface area contributed by atoms with Gasteiger partial charge in [0.15, 0.2) is 0 Å². The van der Waals surface area contributed by atoms with Crippen molar-refractivity contribution in [3.63, 3.8) is 0 Å². The molecule has 1 N–H and O–H groups in total. The number of aryl methyl sites for hydroxylation is 1. The molecule has 1 fully saturated rings. The van der Waals surface area contributed by atoms with Gasteiger partial charge in [-0.2, -0.15) is 5.10 Å². The maximum atomic E-state index is 4.76. The second-order valence-electron chi connectivity index (χ2n) is 5.78. The molecule has 0 spiro atoms. The Morgan fingerprint density at radius 3 is 2.89 bits per heavy atom. The monoisotopic (exact) mass is 249 g/mol. The van der Waals surface area contributed by atoms with Crippen LogP contribution < -0.4 is 5.32 Å². The third kappa shape index (κ3) is 3.84. The van der Waals surface area contributed by atoms with Gasteiger partial charge in [-0.1, -0.05) is 26.2 Å². The highest BCUT2D eigenvalue weighted by molar-refractivity contribution is 5.00. The van der Waals surface area contributed by atoms with Crippen molar-refractivity contribution in [2.45, 2.75) is 57.9 Å². The van der Waals surface area contributed by atoms with Crippen LogP contribution in [0.1, 0.15) is 57.2 Å². The predicted molar refractivity (Wildman–Crippen MR) is 75.8 cm³/mol. The summed E-state index contributed by atoms with van der Waals surface area (Å²) >= 11 is 0. The first-order chi connectivity index (χ1) is 8.79. The highest BCUT2D eigenvalue weighted by Crippen LogP contribution is 2.27. The zero-order valence-electron chi connectivity index (χ0n) is 11.9. The molecule has 1 atom stereocenters. The smallest absolute Gasteiger partial charge is 0.0624 e. The number of hydrogen-bond donors (Lipinski definition) is 1. The first-order valence-corrected chi connectivity index (χ1v) is 7.48. The molecule has 1 aromatic rings. The van der Waals surface area contributed by atoms with Crippen LogP contribution in [0.2, 0.25) is 0 Å². The van der Waals surface area contributed by atoms with Crippen molar-refractivity contribution in [1.82, 2.24) is 15.1 Å². The van der Waals surface area contributed by atoms with Crippen molar-refractivity contribution in [1.29, 1.82) is 0 Å². The van der Waals surface area contributed by atoms with Gasteiger partial charge in [0, 0.05) is 6.20 Å². The third-order valence-electron chi connectivity index (χ3n) is 4.06. The fourth-order valence-corrected chi connectivity index (χ4v) is 2.90. The normalized spacial score (nSPS) is 19.0. The van der Waals surface area contributed by atoms with E-state index >= 15 is 0 Å². The van der Waals surface area contributed by atoms with Crippen LogP contribution in [0.15, 0.2) is 12.3 Å². The van der Waals surface area contributed by atoms with Gasteiger partial charge in [-0.05, 0) is 51.3 Å². The fraction of sp³-hybridized carbons (Fsp3) is 0.800. The fourth-order valence-electron chi connectivity index (χ4n) is 2.90. The van der Waals surface area contributed by atoms with Crippen LogP contribution in [-0.2, 0) is 6.42 Å². The van der Waals surface area contributed by atoms with Crippen molar-refractivity contribution in [2.75, 3.05) is 13.6 Å². The lowest BCUT2D eigenvalue weighted by molar-refractivity contribution is 0.327. The zero-order valence-corrected chi connectivity index (χ0v) is 11.9. The Bertz CT molecular complexity index is 339. The molecule has 0 amide bonds. The van der Waals surface area contributed by atoms with Gasteiger partial charge in [0.05, 0.1) is 11.7 Å². The maximum absolute atomic E-state index is 4.76. The molecule has 0 aromatic carbocycles. The summed E-state index contributed by atoms with van der Waals surface area (Å²) in [6, 6.07) is 2.88. The van der Waals surface area contributed by atoms with Gasteiger partial charge >= 0.3 is 0 Å². The molecule has 1 aromatic heterocycles. The molecule has 2 rings (SSSR count). The minimum Gasteiger partial charge on any atom is -0.319 e. The first-order valence-electron chi connectivity index (χ1n) is 7.48. The van der Waals surface area contributed by atoms with E-state index in [2.05, 4.69) is 29.2 Å². The molecule has 102 valence electrons. The highest BCUT2D eigenvalue weighted by Gasteiger charge is 2.16. The molecular formula is C15H27N3. The third-order valence-corrected chi connectivity index (χ3v) is 4.06. The average molecular weight is 249 g/mol. The maximum Gasteiger partial charge on any atom is 0.0624 e. The van der Waals surface area contributed by atoms with Gasteiger partial charge in [0.1, 0.15) is 0 Å². The van der Waals surface area contributed by atoms with Crippen LogP contribution in [0.5, 0.6) is 0 Å². The van der Waals surface area contributed by atoms with Crippen LogP contribution in [0.3, 0.4) is 0 Å². The van der Waals surface area contributed by atoms with Crippen molar-refractivity contribution < 1.29 is 0 Å². The summed E-state index contributed by atoms with van der Waals surface area (Å²) in [5, 5.41) is 8.00. The number of nitrogens with zero attached hydrogens (tertiary/aromatic N) is 2. The van der Waals surface area contributed by atoms with Crippen molar-refractivity contribution in [3.05, 3.63) is 18.0 Å². The minimum atomic E-state index is 0.669. The molecule has 0 bridgehead atoms. The lowest BCUT2D eigenvalue weighted by atomic mass is 9.96. The second-order valence-corrected chi connectivity index (χ2v) is 5.78. The summed E-state index contributed by atoms with van der Waals surface area (Å²) in [4.78, 5) is 0. The lowest BCUT2D eigenvalue weighted by Gasteiger charge is -2.21. The van der Waals surface area contributed by atoms with E-state index in [4.69, 9.17) is 5.10 Å². The molecule has 0 aliphatic heterocycles. The van der Waals surface area contributed by atoms with Crippen LogP contribution in [-0.4, -0.2) is 23.4 Å². The second kappa shape index (κ2) is 6.93. The summed E-state index contributed by atoms with van der Waals surface area (Å²) in [5.41, 5.74) is 1.27. The zero-order chi connectivity index (χ0) is 12.8. The van der Waals surface area contributed by atoms with E-state index < -0.39 is 0 Å². The Balaban J connectivity index is 1.82. The van der Waals surface area contributed by atoms with Crippen LogP contribution in [0.4, 0.5) is 0 Å². The summed E-state index contributed by atoms with van der Waals surface area (Å²) < 4.78 is 2.22. The molecule has 3 nitrogen and oxygen atoms in total. The van der Waals surface area contributed by atoms with Crippen molar-refractivity contribution >= 4 is 0 Å². The Morgan fingerprint density at radius 2 is 2.17 bits per heavy atom. The van der Waals surface area contributed by atoms with Gasteiger partial charge in [0.25, 0.3) is 0 Å². The molecule has 1 aliphatic carbocycles.